The Morgan fingerprint density at radius 3 is 2.19 bits per heavy atom. The van der Waals surface area contributed by atoms with E-state index in [-0.39, 0.29) is 11.5 Å². The normalized spacial score (nSPS) is 11.2. The highest BCUT2D eigenvalue weighted by Crippen LogP contribution is 2.31. The first-order chi connectivity index (χ1) is 7.46. The average Bonchev–Trinajstić information content (AvgIpc) is 2.28. The van der Waals surface area contributed by atoms with Gasteiger partial charge < -0.3 is 9.47 Å². The number of nitrogens with one attached hydrogen (secondary N) is 1. The van der Waals surface area contributed by atoms with Crippen molar-refractivity contribution >= 4 is 10.0 Å². The predicted molar refractivity (Wildman–Crippen MR) is 54.0 cm³/mol. The highest BCUT2D eigenvalue weighted by atomic mass is 32.2. The number of hydrogen-bond acceptors (Lipinski definition) is 5. The second kappa shape index (κ2) is 4.64. The zero-order chi connectivity index (χ0) is 12.3. The fraction of sp³-hybridized carbons (Fsp3) is 0.250. The third kappa shape index (κ3) is 2.23. The lowest BCUT2D eigenvalue weighted by molar-refractivity contribution is 0.350. The van der Waals surface area contributed by atoms with Gasteiger partial charge in [-0.2, -0.15) is 0 Å². The lowest BCUT2D eigenvalue weighted by Gasteiger charge is -2.10. The molecule has 1 aromatic rings. The number of benzene rings is 1. The van der Waals surface area contributed by atoms with Crippen LogP contribution in [0.15, 0.2) is 17.0 Å². The molecular weight excluding hydrogens is 239 g/mol. The Hall–Kier alpha value is -1.38. The van der Waals surface area contributed by atoms with Crippen LogP contribution in [0.1, 0.15) is 0 Å². The minimum Gasteiger partial charge on any atom is -0.493 e. The molecule has 0 fully saturated rings. The Balaban J connectivity index is 3.44. The zero-order valence-corrected chi connectivity index (χ0v) is 9.47. The largest absolute Gasteiger partial charge is 0.493 e. The summed E-state index contributed by atoms with van der Waals surface area (Å²) >= 11 is 0. The van der Waals surface area contributed by atoms with Gasteiger partial charge in [-0.3, -0.25) is 5.84 Å². The smallest absolute Gasteiger partial charge is 0.256 e. The highest BCUT2D eigenvalue weighted by molar-refractivity contribution is 7.89. The summed E-state index contributed by atoms with van der Waals surface area (Å²) in [5.74, 6) is 4.00. The molecule has 0 spiro atoms. The van der Waals surface area contributed by atoms with Crippen LogP contribution in [-0.4, -0.2) is 22.6 Å². The van der Waals surface area contributed by atoms with Crippen molar-refractivity contribution in [1.29, 1.82) is 0 Å². The monoisotopic (exact) mass is 250 g/mol. The second-order valence-electron chi connectivity index (χ2n) is 2.76. The van der Waals surface area contributed by atoms with E-state index in [1.165, 1.54) is 19.1 Å². The first kappa shape index (κ1) is 12.7. The maximum atomic E-state index is 13.4. The Labute approximate surface area is 92.2 Å². The number of sulfonamides is 1. The second-order valence-corrected chi connectivity index (χ2v) is 4.44. The standard InChI is InChI=1S/C8H11FN2O4S/c1-14-6-3-5(9)8(4-7(6)15-2)16(12,13)11-10/h3-4,11H,10H2,1-2H3. The third-order valence-corrected chi connectivity index (χ3v) is 3.08. The van der Waals surface area contributed by atoms with Gasteiger partial charge in [-0.05, 0) is 0 Å². The first-order valence-corrected chi connectivity index (χ1v) is 5.58. The predicted octanol–water partition coefficient (Wildman–Crippen LogP) is -0.00510. The van der Waals surface area contributed by atoms with Crippen molar-refractivity contribution in [2.75, 3.05) is 14.2 Å². The van der Waals surface area contributed by atoms with Crippen LogP contribution >= 0.6 is 0 Å². The SMILES string of the molecule is COc1cc(F)c(S(=O)(=O)NN)cc1OC. The molecule has 0 atom stereocenters. The molecule has 0 aliphatic rings. The average molecular weight is 250 g/mol. The fourth-order valence-corrected chi connectivity index (χ4v) is 1.81. The van der Waals surface area contributed by atoms with Crippen molar-refractivity contribution in [3.8, 4) is 11.5 Å². The van der Waals surface area contributed by atoms with Crippen molar-refractivity contribution in [1.82, 2.24) is 4.83 Å². The number of ether oxygens (including phenoxy) is 2. The molecule has 1 aromatic carbocycles. The van der Waals surface area contributed by atoms with Crippen molar-refractivity contribution in [3.63, 3.8) is 0 Å². The topological polar surface area (TPSA) is 90.7 Å². The quantitative estimate of drug-likeness (QED) is 0.579. The van der Waals surface area contributed by atoms with Crippen LogP contribution in [0.3, 0.4) is 0 Å². The molecule has 16 heavy (non-hydrogen) atoms. The van der Waals surface area contributed by atoms with E-state index in [9.17, 15) is 12.8 Å². The van der Waals surface area contributed by atoms with E-state index >= 15 is 0 Å². The fourth-order valence-electron chi connectivity index (χ4n) is 1.10. The van der Waals surface area contributed by atoms with Crippen molar-refractivity contribution in [2.24, 2.45) is 5.84 Å². The van der Waals surface area contributed by atoms with Gasteiger partial charge in [0.2, 0.25) is 0 Å². The van der Waals surface area contributed by atoms with E-state index in [0.29, 0.717) is 0 Å². The van der Waals surface area contributed by atoms with Crippen LogP contribution < -0.4 is 20.1 Å². The molecule has 3 N–H and O–H groups in total. The molecule has 0 radical (unpaired) electrons. The van der Waals surface area contributed by atoms with Gasteiger partial charge in [0.25, 0.3) is 10.0 Å². The molecule has 8 heteroatoms. The Kier molecular flexibility index (Phi) is 3.68. The zero-order valence-electron chi connectivity index (χ0n) is 8.65. The number of rotatable bonds is 4. The van der Waals surface area contributed by atoms with Crippen LogP contribution in [0, 0.1) is 5.82 Å². The third-order valence-electron chi connectivity index (χ3n) is 1.88. The summed E-state index contributed by atoms with van der Waals surface area (Å²) in [5.41, 5.74) is 0. The molecule has 90 valence electrons. The van der Waals surface area contributed by atoms with E-state index in [1.807, 2.05) is 0 Å². The van der Waals surface area contributed by atoms with Crippen molar-refractivity contribution in [3.05, 3.63) is 17.9 Å². The molecular formula is C8H11FN2O4S. The van der Waals surface area contributed by atoms with E-state index in [4.69, 9.17) is 15.3 Å². The van der Waals surface area contributed by atoms with Crippen LogP contribution in [0.5, 0.6) is 11.5 Å². The van der Waals surface area contributed by atoms with Crippen molar-refractivity contribution in [2.45, 2.75) is 4.90 Å². The molecule has 0 unspecified atom stereocenters. The maximum absolute atomic E-state index is 13.4. The summed E-state index contributed by atoms with van der Waals surface area (Å²) < 4.78 is 45.7. The molecule has 0 saturated heterocycles. The minimum atomic E-state index is -4.07. The number of halogens is 1. The van der Waals surface area contributed by atoms with Gasteiger partial charge in [0.15, 0.2) is 11.5 Å². The summed E-state index contributed by atoms with van der Waals surface area (Å²) in [5, 5.41) is 0. The van der Waals surface area contributed by atoms with Crippen molar-refractivity contribution < 1.29 is 22.3 Å². The number of methoxy groups -OCH3 is 2. The molecule has 0 aliphatic heterocycles. The maximum Gasteiger partial charge on any atom is 0.256 e. The Bertz CT molecular complexity index is 489. The van der Waals surface area contributed by atoms with Gasteiger partial charge in [0.1, 0.15) is 10.7 Å². The van der Waals surface area contributed by atoms with Gasteiger partial charge in [-0.1, -0.05) is 0 Å². The molecule has 0 aliphatic carbocycles. The summed E-state index contributed by atoms with van der Waals surface area (Å²) in [7, 11) is -1.45. The highest BCUT2D eigenvalue weighted by Gasteiger charge is 2.21. The van der Waals surface area contributed by atoms with E-state index in [2.05, 4.69) is 0 Å². The molecule has 0 bridgehead atoms. The Morgan fingerprint density at radius 1 is 1.25 bits per heavy atom. The minimum absolute atomic E-state index is 0.0935. The van der Waals surface area contributed by atoms with Gasteiger partial charge in [0.05, 0.1) is 14.2 Å². The summed E-state index contributed by atoms with van der Waals surface area (Å²) in [4.78, 5) is 0.919. The molecule has 0 heterocycles. The first-order valence-electron chi connectivity index (χ1n) is 4.10. The number of hydrogen-bond donors (Lipinski definition) is 2. The summed E-state index contributed by atoms with van der Waals surface area (Å²) in [6, 6.07) is 1.90. The molecule has 6 nitrogen and oxygen atoms in total. The van der Waals surface area contributed by atoms with Crippen LogP contribution in [-0.2, 0) is 10.0 Å². The van der Waals surface area contributed by atoms with E-state index in [0.717, 1.165) is 12.1 Å². The van der Waals surface area contributed by atoms with E-state index in [1.54, 1.807) is 0 Å². The van der Waals surface area contributed by atoms with E-state index < -0.39 is 20.7 Å². The Morgan fingerprint density at radius 2 is 1.75 bits per heavy atom. The number of nitrogens with two attached hydrogens (primary N) is 1. The molecule has 0 aromatic heterocycles. The van der Waals surface area contributed by atoms with Gasteiger partial charge >= 0.3 is 0 Å². The van der Waals surface area contributed by atoms with Gasteiger partial charge in [-0.25, -0.2) is 12.8 Å². The number of hydrazine groups is 1. The van der Waals surface area contributed by atoms with Crippen LogP contribution in [0.4, 0.5) is 4.39 Å². The molecule has 0 amide bonds. The summed E-state index contributed by atoms with van der Waals surface area (Å²) in [6.07, 6.45) is 0. The summed E-state index contributed by atoms with van der Waals surface area (Å²) in [6.45, 7) is 0. The van der Waals surface area contributed by atoms with Crippen LogP contribution in [0.25, 0.3) is 0 Å². The lowest BCUT2D eigenvalue weighted by Crippen LogP contribution is -2.30. The lowest BCUT2D eigenvalue weighted by atomic mass is 10.3. The van der Waals surface area contributed by atoms with Gasteiger partial charge in [-0.15, -0.1) is 4.83 Å². The molecule has 0 saturated carbocycles. The van der Waals surface area contributed by atoms with Gasteiger partial charge in [0, 0.05) is 12.1 Å². The van der Waals surface area contributed by atoms with Crippen LogP contribution in [0.2, 0.25) is 0 Å². The molecule has 1 rings (SSSR count).